The molecule has 2 heterocycles. The van der Waals surface area contributed by atoms with Crippen LogP contribution < -0.4 is 0 Å². The molecule has 0 spiro atoms. The van der Waals surface area contributed by atoms with E-state index in [0.29, 0.717) is 24.1 Å². The number of nitrogens with zero attached hydrogens (tertiary/aromatic N) is 2. The smallest absolute Gasteiger partial charge is 0.223 e. The number of furan rings is 1. The molecule has 25 heavy (non-hydrogen) atoms. The van der Waals surface area contributed by atoms with Gasteiger partial charge in [0.1, 0.15) is 11.6 Å². The van der Waals surface area contributed by atoms with Gasteiger partial charge in [0.05, 0.1) is 18.0 Å². The highest BCUT2D eigenvalue weighted by atomic mass is 19.1. The molecule has 0 saturated heterocycles. The second kappa shape index (κ2) is 7.75. The van der Waals surface area contributed by atoms with Gasteiger partial charge in [0.25, 0.3) is 0 Å². The van der Waals surface area contributed by atoms with E-state index in [1.165, 1.54) is 12.1 Å². The van der Waals surface area contributed by atoms with E-state index in [-0.39, 0.29) is 11.7 Å². The van der Waals surface area contributed by atoms with Gasteiger partial charge in [0.2, 0.25) is 5.91 Å². The lowest BCUT2D eigenvalue weighted by atomic mass is 10.0. The molecule has 5 heteroatoms. The number of rotatable bonds is 6. The largest absolute Gasteiger partial charge is 0.469 e. The van der Waals surface area contributed by atoms with Crippen molar-refractivity contribution in [3.05, 3.63) is 89.9 Å². The first-order valence-corrected chi connectivity index (χ1v) is 8.09. The highest BCUT2D eigenvalue weighted by molar-refractivity contribution is 5.77. The molecule has 0 radical (unpaired) electrons. The van der Waals surface area contributed by atoms with Crippen molar-refractivity contribution in [2.24, 2.45) is 0 Å². The van der Waals surface area contributed by atoms with E-state index in [2.05, 4.69) is 4.98 Å². The number of carbonyl (C=O) groups is 1. The summed E-state index contributed by atoms with van der Waals surface area (Å²) in [5.41, 5.74) is 1.38. The highest BCUT2D eigenvalue weighted by Crippen LogP contribution is 2.27. The zero-order valence-corrected chi connectivity index (χ0v) is 13.9. The molecular weight excluding hydrogens is 319 g/mol. The Morgan fingerprint density at radius 3 is 2.76 bits per heavy atom. The number of carbonyl (C=O) groups excluding carboxylic acids is 1. The lowest BCUT2D eigenvalue weighted by Crippen LogP contribution is -2.32. The molecule has 0 fully saturated rings. The van der Waals surface area contributed by atoms with Crippen molar-refractivity contribution in [3.63, 3.8) is 0 Å². The van der Waals surface area contributed by atoms with Gasteiger partial charge in [-0.15, -0.1) is 0 Å². The van der Waals surface area contributed by atoms with Crippen LogP contribution in [0.3, 0.4) is 0 Å². The number of hydrogen-bond acceptors (Lipinski definition) is 3. The summed E-state index contributed by atoms with van der Waals surface area (Å²) in [5, 5.41) is 0. The SMILES string of the molecule is CN(C(=O)CCc1ccco1)C(c1cccc(F)c1)c1ccccn1. The molecule has 0 aliphatic heterocycles. The number of aryl methyl sites for hydroxylation is 1. The molecule has 3 aromatic rings. The fraction of sp³-hybridized carbons (Fsp3) is 0.200. The zero-order chi connectivity index (χ0) is 17.6. The van der Waals surface area contributed by atoms with Crippen LogP contribution in [0.1, 0.15) is 29.5 Å². The number of amides is 1. The molecule has 0 saturated carbocycles. The predicted octanol–water partition coefficient (Wildman–Crippen LogP) is 3.99. The highest BCUT2D eigenvalue weighted by Gasteiger charge is 2.24. The topological polar surface area (TPSA) is 46.3 Å². The first-order valence-electron chi connectivity index (χ1n) is 8.09. The second-order valence-corrected chi connectivity index (χ2v) is 5.80. The Kier molecular flexibility index (Phi) is 5.23. The van der Waals surface area contributed by atoms with Crippen LogP contribution in [0.4, 0.5) is 4.39 Å². The molecule has 0 bridgehead atoms. The quantitative estimate of drug-likeness (QED) is 0.682. The van der Waals surface area contributed by atoms with Crippen LogP contribution in [-0.4, -0.2) is 22.8 Å². The first-order chi connectivity index (χ1) is 12.1. The summed E-state index contributed by atoms with van der Waals surface area (Å²) in [6.45, 7) is 0. The Morgan fingerprint density at radius 1 is 1.20 bits per heavy atom. The Morgan fingerprint density at radius 2 is 2.08 bits per heavy atom. The normalized spacial score (nSPS) is 11.9. The minimum absolute atomic E-state index is 0.0590. The average Bonchev–Trinajstić information content (AvgIpc) is 3.14. The van der Waals surface area contributed by atoms with Gasteiger partial charge in [-0.3, -0.25) is 9.78 Å². The van der Waals surface area contributed by atoms with Gasteiger partial charge < -0.3 is 9.32 Å². The molecule has 0 aliphatic carbocycles. The fourth-order valence-electron chi connectivity index (χ4n) is 2.81. The monoisotopic (exact) mass is 338 g/mol. The summed E-state index contributed by atoms with van der Waals surface area (Å²) >= 11 is 0. The summed E-state index contributed by atoms with van der Waals surface area (Å²) in [5.74, 6) is 0.369. The lowest BCUT2D eigenvalue weighted by molar-refractivity contribution is -0.131. The van der Waals surface area contributed by atoms with E-state index in [0.717, 1.165) is 5.76 Å². The van der Waals surface area contributed by atoms with Gasteiger partial charge in [0.15, 0.2) is 0 Å². The molecule has 1 aromatic carbocycles. The first kappa shape index (κ1) is 16.9. The van der Waals surface area contributed by atoms with Crippen LogP contribution in [-0.2, 0) is 11.2 Å². The minimum atomic E-state index is -0.444. The third-order valence-corrected chi connectivity index (χ3v) is 4.08. The van der Waals surface area contributed by atoms with Crippen LogP contribution in [0.25, 0.3) is 0 Å². The number of hydrogen-bond donors (Lipinski definition) is 0. The maximum absolute atomic E-state index is 13.7. The predicted molar refractivity (Wildman–Crippen MR) is 92.3 cm³/mol. The summed E-state index contributed by atoms with van der Waals surface area (Å²) in [6, 6.07) is 15.0. The number of benzene rings is 1. The summed E-state index contributed by atoms with van der Waals surface area (Å²) in [4.78, 5) is 18.6. The second-order valence-electron chi connectivity index (χ2n) is 5.80. The summed E-state index contributed by atoms with van der Waals surface area (Å²) in [7, 11) is 1.72. The Bertz CT molecular complexity index is 819. The van der Waals surface area contributed by atoms with Crippen LogP contribution in [0.2, 0.25) is 0 Å². The van der Waals surface area contributed by atoms with Crippen molar-refractivity contribution in [1.82, 2.24) is 9.88 Å². The fourth-order valence-corrected chi connectivity index (χ4v) is 2.81. The Hall–Kier alpha value is -2.95. The third-order valence-electron chi connectivity index (χ3n) is 4.08. The maximum atomic E-state index is 13.7. The van der Waals surface area contributed by atoms with E-state index < -0.39 is 6.04 Å². The molecule has 2 aromatic heterocycles. The number of halogens is 1. The van der Waals surface area contributed by atoms with Gasteiger partial charge >= 0.3 is 0 Å². The van der Waals surface area contributed by atoms with Crippen molar-refractivity contribution >= 4 is 5.91 Å². The molecule has 4 nitrogen and oxygen atoms in total. The van der Waals surface area contributed by atoms with Crippen molar-refractivity contribution in [2.75, 3.05) is 7.05 Å². The molecule has 0 N–H and O–H groups in total. The van der Waals surface area contributed by atoms with Crippen molar-refractivity contribution in [3.8, 4) is 0 Å². The molecule has 0 aliphatic rings. The lowest BCUT2D eigenvalue weighted by Gasteiger charge is -2.28. The van der Waals surface area contributed by atoms with Gasteiger partial charge in [-0.25, -0.2) is 4.39 Å². The number of aromatic nitrogens is 1. The maximum Gasteiger partial charge on any atom is 0.223 e. The standard InChI is InChI=1S/C20H19FN2O2/c1-23(19(24)11-10-17-8-5-13-25-17)20(18-9-2-3-12-22-18)15-6-4-7-16(21)14-15/h2-9,12-14,20H,10-11H2,1H3. The third kappa shape index (κ3) is 4.12. The zero-order valence-electron chi connectivity index (χ0n) is 13.9. The van der Waals surface area contributed by atoms with Crippen molar-refractivity contribution in [1.29, 1.82) is 0 Å². The van der Waals surface area contributed by atoms with Crippen molar-refractivity contribution < 1.29 is 13.6 Å². The van der Waals surface area contributed by atoms with Gasteiger partial charge in [-0.2, -0.15) is 0 Å². The van der Waals surface area contributed by atoms with Crippen LogP contribution in [0.5, 0.6) is 0 Å². The summed E-state index contributed by atoms with van der Waals surface area (Å²) in [6.07, 6.45) is 4.09. The van der Waals surface area contributed by atoms with Gasteiger partial charge in [0, 0.05) is 26.1 Å². The Labute approximate surface area is 145 Å². The van der Waals surface area contributed by atoms with Crippen LogP contribution in [0.15, 0.2) is 71.5 Å². The molecule has 1 atom stereocenters. The molecular formula is C20H19FN2O2. The van der Waals surface area contributed by atoms with E-state index in [9.17, 15) is 9.18 Å². The number of pyridine rings is 1. The van der Waals surface area contributed by atoms with Crippen molar-refractivity contribution in [2.45, 2.75) is 18.9 Å². The molecule has 128 valence electrons. The summed E-state index contributed by atoms with van der Waals surface area (Å²) < 4.78 is 19.0. The van der Waals surface area contributed by atoms with E-state index in [1.54, 1.807) is 42.6 Å². The van der Waals surface area contributed by atoms with Gasteiger partial charge in [-0.1, -0.05) is 18.2 Å². The van der Waals surface area contributed by atoms with E-state index in [1.807, 2.05) is 24.3 Å². The molecule has 3 rings (SSSR count). The molecule has 1 amide bonds. The van der Waals surface area contributed by atoms with E-state index >= 15 is 0 Å². The van der Waals surface area contributed by atoms with E-state index in [4.69, 9.17) is 4.42 Å². The minimum Gasteiger partial charge on any atom is -0.469 e. The average molecular weight is 338 g/mol. The Balaban J connectivity index is 1.84. The van der Waals surface area contributed by atoms with Crippen LogP contribution >= 0.6 is 0 Å². The van der Waals surface area contributed by atoms with Gasteiger partial charge in [-0.05, 0) is 42.0 Å². The molecule has 1 unspecified atom stereocenters. The van der Waals surface area contributed by atoms with Crippen LogP contribution in [0, 0.1) is 5.82 Å².